The minimum atomic E-state index is -0.385. The first-order valence-electron chi connectivity index (χ1n) is 3.58. The standard InChI is InChI=1S/C9H10FNO/c1-5-6(2)9(11)7(4-12)3-8(5)10/h3-4H,11H2,1-2H3. The molecule has 0 heterocycles. The van der Waals surface area contributed by atoms with Crippen molar-refractivity contribution in [2.75, 3.05) is 5.73 Å². The average molecular weight is 167 g/mol. The lowest BCUT2D eigenvalue weighted by Gasteiger charge is -2.07. The molecule has 12 heavy (non-hydrogen) atoms. The fourth-order valence-electron chi connectivity index (χ4n) is 1.02. The molecule has 0 aliphatic heterocycles. The molecular formula is C9H10FNO. The van der Waals surface area contributed by atoms with Crippen molar-refractivity contribution < 1.29 is 9.18 Å². The van der Waals surface area contributed by atoms with Crippen LogP contribution in [-0.4, -0.2) is 6.29 Å². The molecule has 0 bridgehead atoms. The monoisotopic (exact) mass is 167 g/mol. The van der Waals surface area contributed by atoms with E-state index in [9.17, 15) is 9.18 Å². The number of carbonyl (C=O) groups excluding carboxylic acids is 1. The molecule has 0 fully saturated rings. The zero-order valence-corrected chi connectivity index (χ0v) is 7.02. The summed E-state index contributed by atoms with van der Waals surface area (Å²) >= 11 is 0. The fourth-order valence-corrected chi connectivity index (χ4v) is 1.02. The molecule has 0 unspecified atom stereocenters. The van der Waals surface area contributed by atoms with Crippen molar-refractivity contribution >= 4 is 12.0 Å². The lowest BCUT2D eigenvalue weighted by Crippen LogP contribution is -2.00. The largest absolute Gasteiger partial charge is 0.398 e. The van der Waals surface area contributed by atoms with Gasteiger partial charge in [-0.2, -0.15) is 0 Å². The van der Waals surface area contributed by atoms with Gasteiger partial charge in [-0.3, -0.25) is 4.79 Å². The quantitative estimate of drug-likeness (QED) is 0.512. The van der Waals surface area contributed by atoms with E-state index >= 15 is 0 Å². The van der Waals surface area contributed by atoms with Crippen LogP contribution in [0.15, 0.2) is 6.07 Å². The van der Waals surface area contributed by atoms with Gasteiger partial charge in [0, 0.05) is 11.3 Å². The van der Waals surface area contributed by atoms with Gasteiger partial charge in [0.25, 0.3) is 0 Å². The minimum absolute atomic E-state index is 0.218. The van der Waals surface area contributed by atoms with E-state index in [2.05, 4.69) is 0 Å². The van der Waals surface area contributed by atoms with Crippen molar-refractivity contribution in [1.82, 2.24) is 0 Å². The molecule has 0 spiro atoms. The van der Waals surface area contributed by atoms with Gasteiger partial charge in [0.05, 0.1) is 0 Å². The Morgan fingerprint density at radius 2 is 2.00 bits per heavy atom. The molecule has 0 aliphatic rings. The minimum Gasteiger partial charge on any atom is -0.398 e. The lowest BCUT2D eigenvalue weighted by atomic mass is 10.0. The van der Waals surface area contributed by atoms with Crippen molar-refractivity contribution in [2.45, 2.75) is 13.8 Å². The summed E-state index contributed by atoms with van der Waals surface area (Å²) in [6, 6.07) is 1.16. The van der Waals surface area contributed by atoms with Crippen LogP contribution in [0.1, 0.15) is 21.5 Å². The second-order valence-electron chi connectivity index (χ2n) is 2.73. The Morgan fingerprint density at radius 1 is 1.42 bits per heavy atom. The molecular weight excluding hydrogens is 157 g/mol. The van der Waals surface area contributed by atoms with Crippen LogP contribution in [0.25, 0.3) is 0 Å². The zero-order valence-electron chi connectivity index (χ0n) is 7.02. The Balaban J connectivity index is 3.49. The maximum Gasteiger partial charge on any atom is 0.152 e. The predicted octanol–water partition coefficient (Wildman–Crippen LogP) is 1.84. The number of rotatable bonds is 1. The molecule has 2 N–H and O–H groups in total. The molecule has 1 aromatic rings. The Kier molecular flexibility index (Phi) is 2.13. The van der Waals surface area contributed by atoms with Gasteiger partial charge >= 0.3 is 0 Å². The molecule has 1 aromatic carbocycles. The van der Waals surface area contributed by atoms with Crippen molar-refractivity contribution in [3.05, 3.63) is 28.6 Å². The van der Waals surface area contributed by atoms with Gasteiger partial charge in [-0.05, 0) is 31.0 Å². The van der Waals surface area contributed by atoms with Crippen LogP contribution in [0.2, 0.25) is 0 Å². The molecule has 0 aromatic heterocycles. The maximum atomic E-state index is 13.0. The van der Waals surface area contributed by atoms with Crippen LogP contribution in [0, 0.1) is 19.7 Å². The fraction of sp³-hybridized carbons (Fsp3) is 0.222. The second-order valence-corrected chi connectivity index (χ2v) is 2.73. The summed E-state index contributed by atoms with van der Waals surface area (Å²) in [6.07, 6.45) is 0.560. The Hall–Kier alpha value is -1.38. The van der Waals surface area contributed by atoms with E-state index in [1.165, 1.54) is 0 Å². The number of anilines is 1. The highest BCUT2D eigenvalue weighted by atomic mass is 19.1. The highest BCUT2D eigenvalue weighted by Crippen LogP contribution is 2.21. The molecule has 0 saturated heterocycles. The predicted molar refractivity (Wildman–Crippen MR) is 45.7 cm³/mol. The molecule has 0 amide bonds. The van der Waals surface area contributed by atoms with Crippen molar-refractivity contribution in [3.63, 3.8) is 0 Å². The molecule has 0 saturated carbocycles. The first-order valence-corrected chi connectivity index (χ1v) is 3.58. The Morgan fingerprint density at radius 3 is 2.50 bits per heavy atom. The summed E-state index contributed by atoms with van der Waals surface area (Å²) in [5.74, 6) is -0.385. The summed E-state index contributed by atoms with van der Waals surface area (Å²) in [4.78, 5) is 10.4. The van der Waals surface area contributed by atoms with Crippen LogP contribution in [0.4, 0.5) is 10.1 Å². The van der Waals surface area contributed by atoms with Crippen molar-refractivity contribution in [2.24, 2.45) is 0 Å². The van der Waals surface area contributed by atoms with E-state index in [-0.39, 0.29) is 11.4 Å². The number of hydrogen-bond acceptors (Lipinski definition) is 2. The highest BCUT2D eigenvalue weighted by molar-refractivity contribution is 5.85. The first kappa shape index (κ1) is 8.71. The van der Waals surface area contributed by atoms with Crippen LogP contribution in [-0.2, 0) is 0 Å². The topological polar surface area (TPSA) is 43.1 Å². The third kappa shape index (κ3) is 1.18. The van der Waals surface area contributed by atoms with E-state index in [0.717, 1.165) is 6.07 Å². The number of hydrogen-bond donors (Lipinski definition) is 1. The third-order valence-electron chi connectivity index (χ3n) is 2.04. The van der Waals surface area contributed by atoms with Gasteiger partial charge in [0.15, 0.2) is 6.29 Å². The number of nitrogen functional groups attached to an aromatic ring is 1. The van der Waals surface area contributed by atoms with Crippen LogP contribution in [0.5, 0.6) is 0 Å². The molecule has 0 radical (unpaired) electrons. The van der Waals surface area contributed by atoms with Gasteiger partial charge in [-0.25, -0.2) is 4.39 Å². The second kappa shape index (κ2) is 2.93. The smallest absolute Gasteiger partial charge is 0.152 e. The van der Waals surface area contributed by atoms with Gasteiger partial charge in [-0.1, -0.05) is 0 Å². The number of aldehydes is 1. The zero-order chi connectivity index (χ0) is 9.30. The van der Waals surface area contributed by atoms with E-state index in [4.69, 9.17) is 5.73 Å². The number of nitrogens with two attached hydrogens (primary N) is 1. The summed E-state index contributed by atoms with van der Waals surface area (Å²) in [5, 5.41) is 0. The van der Waals surface area contributed by atoms with Crippen LogP contribution in [0.3, 0.4) is 0 Å². The summed E-state index contributed by atoms with van der Waals surface area (Å²) in [5.41, 5.74) is 7.28. The van der Waals surface area contributed by atoms with Crippen LogP contribution < -0.4 is 5.73 Å². The molecule has 0 aliphatic carbocycles. The van der Waals surface area contributed by atoms with E-state index in [1.807, 2.05) is 0 Å². The molecule has 1 rings (SSSR count). The maximum absolute atomic E-state index is 13.0. The first-order chi connectivity index (χ1) is 5.57. The van der Waals surface area contributed by atoms with Crippen molar-refractivity contribution in [3.8, 4) is 0 Å². The van der Waals surface area contributed by atoms with E-state index < -0.39 is 0 Å². The van der Waals surface area contributed by atoms with Gasteiger partial charge in [0.2, 0.25) is 0 Å². The summed E-state index contributed by atoms with van der Waals surface area (Å²) in [7, 11) is 0. The summed E-state index contributed by atoms with van der Waals surface area (Å²) in [6.45, 7) is 3.33. The van der Waals surface area contributed by atoms with E-state index in [1.54, 1.807) is 13.8 Å². The van der Waals surface area contributed by atoms with E-state index in [0.29, 0.717) is 23.1 Å². The van der Waals surface area contributed by atoms with Gasteiger partial charge in [0.1, 0.15) is 5.82 Å². The average Bonchev–Trinajstić information content (AvgIpc) is 2.08. The molecule has 2 nitrogen and oxygen atoms in total. The van der Waals surface area contributed by atoms with Crippen molar-refractivity contribution in [1.29, 1.82) is 0 Å². The normalized spacial score (nSPS) is 9.92. The SMILES string of the molecule is Cc1c(F)cc(C=O)c(N)c1C. The third-order valence-corrected chi connectivity index (χ3v) is 2.04. The Labute approximate surface area is 70.2 Å². The highest BCUT2D eigenvalue weighted by Gasteiger charge is 2.08. The number of benzene rings is 1. The Bertz CT molecular complexity index is 334. The molecule has 0 atom stereocenters. The van der Waals surface area contributed by atoms with Crippen LogP contribution >= 0.6 is 0 Å². The number of halogens is 1. The molecule has 3 heteroatoms. The van der Waals surface area contributed by atoms with Gasteiger partial charge < -0.3 is 5.73 Å². The lowest BCUT2D eigenvalue weighted by molar-refractivity contribution is 0.112. The number of carbonyl (C=O) groups is 1. The van der Waals surface area contributed by atoms with Gasteiger partial charge in [-0.15, -0.1) is 0 Å². The molecule has 64 valence electrons. The summed E-state index contributed by atoms with van der Waals surface area (Å²) < 4.78 is 13.0.